The van der Waals surface area contributed by atoms with Gasteiger partial charge in [0.15, 0.2) is 0 Å². The molecule has 2 N–H and O–H groups in total. The molecular formula is C12H16F3NO3. The summed E-state index contributed by atoms with van der Waals surface area (Å²) in [4.78, 5) is 10.8. The summed E-state index contributed by atoms with van der Waals surface area (Å²) in [6, 6.07) is 0. The molecule has 1 rings (SSSR count). The van der Waals surface area contributed by atoms with Crippen LogP contribution in [0.5, 0.6) is 0 Å². The van der Waals surface area contributed by atoms with E-state index < -0.39 is 23.3 Å². The van der Waals surface area contributed by atoms with Gasteiger partial charge in [-0.2, -0.15) is 13.2 Å². The van der Waals surface area contributed by atoms with Gasteiger partial charge in [-0.25, -0.2) is 4.79 Å². The SMILES string of the molecule is O=C(O)c1cn(CCCCCCO)cc1C(F)(F)F. The number of aromatic carboxylic acids is 1. The van der Waals surface area contributed by atoms with Gasteiger partial charge >= 0.3 is 12.1 Å². The number of hydrogen-bond donors (Lipinski definition) is 2. The number of carbonyl (C=O) groups is 1. The van der Waals surface area contributed by atoms with Gasteiger partial charge in [0.05, 0.1) is 11.1 Å². The second kappa shape index (κ2) is 6.60. The molecule has 19 heavy (non-hydrogen) atoms. The van der Waals surface area contributed by atoms with Crippen LogP contribution in [0.4, 0.5) is 13.2 Å². The molecule has 0 fully saturated rings. The van der Waals surface area contributed by atoms with Crippen molar-refractivity contribution >= 4 is 5.97 Å². The van der Waals surface area contributed by atoms with Gasteiger partial charge in [0, 0.05) is 25.5 Å². The van der Waals surface area contributed by atoms with Gasteiger partial charge in [0.25, 0.3) is 0 Å². The second-order valence-corrected chi connectivity index (χ2v) is 4.26. The third kappa shape index (κ3) is 4.59. The fourth-order valence-corrected chi connectivity index (χ4v) is 1.79. The summed E-state index contributed by atoms with van der Waals surface area (Å²) in [5.41, 5.74) is -1.83. The van der Waals surface area contributed by atoms with E-state index in [2.05, 4.69) is 0 Å². The first-order chi connectivity index (χ1) is 8.86. The highest BCUT2D eigenvalue weighted by Crippen LogP contribution is 2.32. The van der Waals surface area contributed by atoms with Gasteiger partial charge in [-0.05, 0) is 12.8 Å². The molecule has 0 aromatic carbocycles. The predicted molar refractivity (Wildman–Crippen MR) is 61.9 cm³/mol. The van der Waals surface area contributed by atoms with Gasteiger partial charge in [0.1, 0.15) is 0 Å². The van der Waals surface area contributed by atoms with Crippen molar-refractivity contribution in [3.63, 3.8) is 0 Å². The van der Waals surface area contributed by atoms with Crippen molar-refractivity contribution < 1.29 is 28.2 Å². The number of nitrogens with zero attached hydrogens (tertiary/aromatic N) is 1. The lowest BCUT2D eigenvalue weighted by atomic mass is 10.2. The maximum Gasteiger partial charge on any atom is 0.418 e. The maximum absolute atomic E-state index is 12.6. The van der Waals surface area contributed by atoms with E-state index in [1.165, 1.54) is 4.57 Å². The van der Waals surface area contributed by atoms with Crippen molar-refractivity contribution in [2.24, 2.45) is 0 Å². The highest BCUT2D eigenvalue weighted by atomic mass is 19.4. The number of carboxylic acid groups (broad SMARTS) is 1. The molecule has 0 spiro atoms. The van der Waals surface area contributed by atoms with E-state index in [-0.39, 0.29) is 6.61 Å². The first-order valence-electron chi connectivity index (χ1n) is 5.97. The number of hydrogen-bond acceptors (Lipinski definition) is 2. The highest BCUT2D eigenvalue weighted by molar-refractivity contribution is 5.89. The van der Waals surface area contributed by atoms with Crippen LogP contribution in [0.25, 0.3) is 0 Å². The first-order valence-corrected chi connectivity index (χ1v) is 5.97. The first kappa shape index (κ1) is 15.6. The molecule has 108 valence electrons. The molecule has 0 aliphatic carbocycles. The normalized spacial score (nSPS) is 11.8. The van der Waals surface area contributed by atoms with Crippen molar-refractivity contribution in [3.05, 3.63) is 23.5 Å². The summed E-state index contributed by atoms with van der Waals surface area (Å²) in [6.45, 7) is 0.437. The summed E-state index contributed by atoms with van der Waals surface area (Å²) < 4.78 is 39.1. The van der Waals surface area contributed by atoms with E-state index in [0.717, 1.165) is 25.2 Å². The lowest BCUT2D eigenvalue weighted by Gasteiger charge is -2.04. The van der Waals surface area contributed by atoms with Crippen LogP contribution in [-0.4, -0.2) is 27.4 Å². The molecule has 0 aliphatic rings. The Kier molecular flexibility index (Phi) is 5.41. The molecule has 1 heterocycles. The van der Waals surface area contributed by atoms with Crippen LogP contribution in [0.15, 0.2) is 12.4 Å². The van der Waals surface area contributed by atoms with Gasteiger partial charge in [-0.3, -0.25) is 0 Å². The average Bonchev–Trinajstić information content (AvgIpc) is 2.73. The van der Waals surface area contributed by atoms with Crippen molar-refractivity contribution in [2.75, 3.05) is 6.61 Å². The van der Waals surface area contributed by atoms with Crippen LogP contribution < -0.4 is 0 Å². The number of aliphatic hydroxyl groups excluding tert-OH is 1. The Hall–Kier alpha value is -1.50. The quantitative estimate of drug-likeness (QED) is 0.754. The number of rotatable bonds is 7. The van der Waals surface area contributed by atoms with E-state index in [4.69, 9.17) is 10.2 Å². The van der Waals surface area contributed by atoms with Crippen LogP contribution in [0.2, 0.25) is 0 Å². The molecule has 1 aromatic rings. The van der Waals surface area contributed by atoms with Crippen LogP contribution in [0.1, 0.15) is 41.6 Å². The number of halogens is 3. The number of unbranched alkanes of at least 4 members (excludes halogenated alkanes) is 3. The zero-order valence-corrected chi connectivity index (χ0v) is 10.3. The van der Waals surface area contributed by atoms with Crippen molar-refractivity contribution in [2.45, 2.75) is 38.4 Å². The standard InChI is InChI=1S/C12H16F3NO3/c13-12(14,15)10-8-16(7-9(10)11(18)19)5-3-1-2-4-6-17/h7-8,17H,1-6H2,(H,18,19). The zero-order valence-electron chi connectivity index (χ0n) is 10.3. The minimum atomic E-state index is -4.66. The maximum atomic E-state index is 12.6. The molecule has 1 aromatic heterocycles. The lowest BCUT2D eigenvalue weighted by Crippen LogP contribution is -2.09. The van der Waals surface area contributed by atoms with Crippen molar-refractivity contribution in [1.82, 2.24) is 4.57 Å². The fraction of sp³-hybridized carbons (Fsp3) is 0.583. The van der Waals surface area contributed by atoms with E-state index in [1.807, 2.05) is 0 Å². The smallest absolute Gasteiger partial charge is 0.418 e. The highest BCUT2D eigenvalue weighted by Gasteiger charge is 2.36. The van der Waals surface area contributed by atoms with Crippen LogP contribution in [0.3, 0.4) is 0 Å². The van der Waals surface area contributed by atoms with Gasteiger partial charge in [0.2, 0.25) is 0 Å². The zero-order chi connectivity index (χ0) is 14.5. The number of alkyl halides is 3. The van der Waals surface area contributed by atoms with Gasteiger partial charge < -0.3 is 14.8 Å². The number of aromatic nitrogens is 1. The summed E-state index contributed by atoms with van der Waals surface area (Å²) in [5, 5.41) is 17.3. The second-order valence-electron chi connectivity index (χ2n) is 4.26. The van der Waals surface area contributed by atoms with E-state index in [9.17, 15) is 18.0 Å². The summed E-state index contributed by atoms with van der Waals surface area (Å²) >= 11 is 0. The van der Waals surface area contributed by atoms with Crippen LogP contribution in [-0.2, 0) is 12.7 Å². The third-order valence-corrected chi connectivity index (χ3v) is 2.74. The molecule has 0 saturated heterocycles. The summed E-state index contributed by atoms with van der Waals surface area (Å²) in [7, 11) is 0. The topological polar surface area (TPSA) is 62.5 Å². The Labute approximate surface area is 108 Å². The van der Waals surface area contributed by atoms with Crippen LogP contribution in [0, 0.1) is 0 Å². The van der Waals surface area contributed by atoms with E-state index in [1.54, 1.807) is 0 Å². The molecular weight excluding hydrogens is 263 g/mol. The third-order valence-electron chi connectivity index (χ3n) is 2.74. The molecule has 0 atom stereocenters. The lowest BCUT2D eigenvalue weighted by molar-refractivity contribution is -0.138. The summed E-state index contributed by atoms with van der Waals surface area (Å²) in [5.74, 6) is -1.58. The predicted octanol–water partition coefficient (Wildman–Crippen LogP) is 2.76. The minimum absolute atomic E-state index is 0.102. The van der Waals surface area contributed by atoms with E-state index >= 15 is 0 Å². The largest absolute Gasteiger partial charge is 0.478 e. The Morgan fingerprint density at radius 3 is 2.26 bits per heavy atom. The average molecular weight is 279 g/mol. The fourth-order valence-electron chi connectivity index (χ4n) is 1.79. The Morgan fingerprint density at radius 1 is 1.16 bits per heavy atom. The molecule has 0 aliphatic heterocycles. The Bertz CT molecular complexity index is 426. The number of aliphatic hydroxyl groups is 1. The molecule has 4 nitrogen and oxygen atoms in total. The number of aryl methyl sites for hydroxylation is 1. The molecule has 7 heteroatoms. The molecule has 0 saturated carbocycles. The van der Waals surface area contributed by atoms with Crippen molar-refractivity contribution in [1.29, 1.82) is 0 Å². The molecule has 0 bridgehead atoms. The molecule has 0 unspecified atom stereocenters. The van der Waals surface area contributed by atoms with Gasteiger partial charge in [-0.15, -0.1) is 0 Å². The Morgan fingerprint density at radius 2 is 1.79 bits per heavy atom. The Balaban J connectivity index is 2.68. The molecule has 0 amide bonds. The number of carboxylic acids is 1. The van der Waals surface area contributed by atoms with Crippen molar-refractivity contribution in [3.8, 4) is 0 Å². The molecule has 0 radical (unpaired) electrons. The van der Waals surface area contributed by atoms with E-state index in [0.29, 0.717) is 19.4 Å². The monoisotopic (exact) mass is 279 g/mol. The van der Waals surface area contributed by atoms with Crippen LogP contribution >= 0.6 is 0 Å². The summed E-state index contributed by atoms with van der Waals surface area (Å²) in [6.07, 6.45) is 0.0750. The minimum Gasteiger partial charge on any atom is -0.478 e. The van der Waals surface area contributed by atoms with Gasteiger partial charge in [-0.1, -0.05) is 12.8 Å².